The van der Waals surface area contributed by atoms with E-state index >= 15 is 0 Å². The fraction of sp³-hybridized carbons (Fsp3) is 0.269. The minimum Gasteiger partial charge on any atom is -0.457 e. The number of carbonyl (C=O) groups is 1. The zero-order chi connectivity index (χ0) is 22.5. The van der Waals surface area contributed by atoms with E-state index in [1.165, 1.54) is 0 Å². The predicted molar refractivity (Wildman–Crippen MR) is 123 cm³/mol. The summed E-state index contributed by atoms with van der Waals surface area (Å²) in [7, 11) is 0. The molecule has 7 heteroatoms. The van der Waals surface area contributed by atoms with Gasteiger partial charge in [0.2, 0.25) is 0 Å². The third kappa shape index (κ3) is 5.34. The molecular formula is C26H26N2O5. The summed E-state index contributed by atoms with van der Waals surface area (Å²) in [6.45, 7) is 1.34. The number of benzene rings is 3. The van der Waals surface area contributed by atoms with Gasteiger partial charge in [-0.05, 0) is 42.0 Å². The van der Waals surface area contributed by atoms with Crippen LogP contribution in [0.4, 0.5) is 10.5 Å². The lowest BCUT2D eigenvalue weighted by Crippen LogP contribution is -2.46. The van der Waals surface area contributed by atoms with E-state index in [4.69, 9.17) is 18.9 Å². The minimum atomic E-state index is -0.307. The second kappa shape index (κ2) is 10.0. The number of amides is 2. The number of rotatable bonds is 7. The van der Waals surface area contributed by atoms with Gasteiger partial charge in [0.05, 0.1) is 25.9 Å². The number of hydrogen-bond donors (Lipinski definition) is 2. The molecule has 7 nitrogen and oxygen atoms in total. The number of ether oxygens (including phenoxy) is 4. The third-order valence-corrected chi connectivity index (χ3v) is 5.72. The summed E-state index contributed by atoms with van der Waals surface area (Å²) in [5.41, 5.74) is 1.77. The molecule has 0 bridgehead atoms. The van der Waals surface area contributed by atoms with E-state index in [-0.39, 0.29) is 30.4 Å². The van der Waals surface area contributed by atoms with Gasteiger partial charge >= 0.3 is 6.03 Å². The first-order valence-corrected chi connectivity index (χ1v) is 11.0. The van der Waals surface area contributed by atoms with E-state index in [9.17, 15) is 4.79 Å². The number of urea groups is 1. The van der Waals surface area contributed by atoms with Crippen molar-refractivity contribution in [3.63, 3.8) is 0 Å². The Labute approximate surface area is 192 Å². The van der Waals surface area contributed by atoms with Crippen LogP contribution in [0.15, 0.2) is 84.9 Å². The van der Waals surface area contributed by atoms with E-state index in [1.807, 2.05) is 72.8 Å². The smallest absolute Gasteiger partial charge is 0.319 e. The first-order chi connectivity index (χ1) is 16.2. The maximum atomic E-state index is 12.5. The maximum Gasteiger partial charge on any atom is 0.319 e. The Balaban J connectivity index is 1.10. The summed E-state index contributed by atoms with van der Waals surface area (Å²) < 4.78 is 23.6. The number of para-hydroxylation sites is 1. The summed E-state index contributed by atoms with van der Waals surface area (Å²) >= 11 is 0. The highest BCUT2D eigenvalue weighted by Crippen LogP contribution is 2.29. The van der Waals surface area contributed by atoms with Crippen molar-refractivity contribution in [3.05, 3.63) is 90.5 Å². The van der Waals surface area contributed by atoms with Crippen molar-refractivity contribution in [3.8, 4) is 11.5 Å². The molecule has 0 spiro atoms. The van der Waals surface area contributed by atoms with Gasteiger partial charge in [-0.1, -0.05) is 48.5 Å². The number of carbonyl (C=O) groups excluding carboxylic acids is 1. The highest BCUT2D eigenvalue weighted by Gasteiger charge is 2.48. The van der Waals surface area contributed by atoms with Gasteiger partial charge in [0.25, 0.3) is 0 Å². The van der Waals surface area contributed by atoms with Crippen LogP contribution in [0.25, 0.3) is 0 Å². The maximum absolute atomic E-state index is 12.5. The van der Waals surface area contributed by atoms with Gasteiger partial charge in [-0.25, -0.2) is 4.79 Å². The van der Waals surface area contributed by atoms with E-state index in [2.05, 4.69) is 10.6 Å². The largest absolute Gasteiger partial charge is 0.457 e. The molecule has 2 N–H and O–H groups in total. The molecule has 4 atom stereocenters. The summed E-state index contributed by atoms with van der Waals surface area (Å²) in [5, 5.41) is 5.81. The highest BCUT2D eigenvalue weighted by molar-refractivity contribution is 5.89. The Hall–Kier alpha value is -3.39. The van der Waals surface area contributed by atoms with Gasteiger partial charge in [0.1, 0.15) is 29.8 Å². The van der Waals surface area contributed by atoms with Gasteiger partial charge in [0, 0.05) is 5.69 Å². The zero-order valence-corrected chi connectivity index (χ0v) is 18.1. The molecule has 0 aromatic heterocycles. The molecule has 170 valence electrons. The monoisotopic (exact) mass is 446 g/mol. The van der Waals surface area contributed by atoms with Gasteiger partial charge < -0.3 is 29.6 Å². The molecular weight excluding hydrogens is 420 g/mol. The van der Waals surface area contributed by atoms with Gasteiger partial charge in [-0.2, -0.15) is 0 Å². The highest BCUT2D eigenvalue weighted by atomic mass is 16.6. The molecule has 2 saturated heterocycles. The molecule has 3 aromatic rings. The van der Waals surface area contributed by atoms with Crippen LogP contribution in [0.1, 0.15) is 5.56 Å². The van der Waals surface area contributed by atoms with Crippen LogP contribution < -0.4 is 15.4 Å². The van der Waals surface area contributed by atoms with Crippen molar-refractivity contribution in [1.29, 1.82) is 0 Å². The second-order valence-electron chi connectivity index (χ2n) is 8.08. The Kier molecular flexibility index (Phi) is 6.53. The Morgan fingerprint density at radius 2 is 1.48 bits per heavy atom. The molecule has 0 aliphatic carbocycles. The van der Waals surface area contributed by atoms with E-state index in [0.717, 1.165) is 11.3 Å². The van der Waals surface area contributed by atoms with Crippen LogP contribution in [0.2, 0.25) is 0 Å². The number of nitrogens with one attached hydrogen (secondary N) is 2. The SMILES string of the molecule is O=C(Nc1ccc(Oc2ccccc2)cc1)N[C@H]1CO[C@H]2[C@@H]1OC[C@H]2OCc1ccccc1. The molecule has 2 aliphatic heterocycles. The summed E-state index contributed by atoms with van der Waals surface area (Å²) in [6.07, 6.45) is -0.561. The standard InChI is InChI=1S/C26H26N2O5/c29-26(27-19-11-13-21(14-12-19)33-20-9-5-2-6-10-20)28-22-16-31-25-23(17-32-24(22)25)30-15-18-7-3-1-4-8-18/h1-14,22-25H,15-17H2,(H2,27,28,29)/t22-,23+,24+,25+/m0/s1. The molecule has 0 unspecified atom stereocenters. The Morgan fingerprint density at radius 3 is 2.24 bits per heavy atom. The van der Waals surface area contributed by atoms with Crippen LogP contribution in [-0.4, -0.2) is 43.6 Å². The van der Waals surface area contributed by atoms with Crippen molar-refractivity contribution < 1.29 is 23.7 Å². The summed E-state index contributed by atoms with van der Waals surface area (Å²) in [5.74, 6) is 1.45. The van der Waals surface area contributed by atoms with E-state index in [1.54, 1.807) is 12.1 Å². The molecule has 2 fully saturated rings. The average Bonchev–Trinajstić information content (AvgIpc) is 3.43. The first-order valence-electron chi connectivity index (χ1n) is 11.0. The quantitative estimate of drug-likeness (QED) is 0.564. The molecule has 2 aliphatic rings. The van der Waals surface area contributed by atoms with Crippen LogP contribution in [-0.2, 0) is 20.8 Å². The van der Waals surface area contributed by atoms with Gasteiger partial charge in [0.15, 0.2) is 0 Å². The van der Waals surface area contributed by atoms with Crippen molar-refractivity contribution in [1.82, 2.24) is 5.32 Å². The third-order valence-electron chi connectivity index (χ3n) is 5.72. The number of anilines is 1. The molecule has 2 heterocycles. The lowest BCUT2D eigenvalue weighted by Gasteiger charge is -2.18. The summed E-state index contributed by atoms with van der Waals surface area (Å²) in [4.78, 5) is 12.5. The zero-order valence-electron chi connectivity index (χ0n) is 18.1. The Bertz CT molecular complexity index is 1050. The Morgan fingerprint density at radius 1 is 0.818 bits per heavy atom. The molecule has 3 aromatic carbocycles. The molecule has 0 radical (unpaired) electrons. The lowest BCUT2D eigenvalue weighted by atomic mass is 10.1. The van der Waals surface area contributed by atoms with Gasteiger partial charge in [-0.3, -0.25) is 0 Å². The van der Waals surface area contributed by atoms with Crippen molar-refractivity contribution in [2.75, 3.05) is 18.5 Å². The molecule has 5 rings (SSSR count). The molecule has 2 amide bonds. The molecule has 0 saturated carbocycles. The molecule has 33 heavy (non-hydrogen) atoms. The fourth-order valence-corrected chi connectivity index (χ4v) is 4.07. The number of hydrogen-bond acceptors (Lipinski definition) is 5. The van der Waals surface area contributed by atoms with Crippen molar-refractivity contribution in [2.24, 2.45) is 0 Å². The first kappa shape index (κ1) is 21.5. The fourth-order valence-electron chi connectivity index (χ4n) is 4.07. The van der Waals surface area contributed by atoms with Crippen molar-refractivity contribution in [2.45, 2.75) is 31.0 Å². The average molecular weight is 447 g/mol. The van der Waals surface area contributed by atoms with Crippen LogP contribution in [0, 0.1) is 0 Å². The normalized spacial score (nSPS) is 23.6. The van der Waals surface area contributed by atoms with E-state index in [0.29, 0.717) is 31.3 Å². The minimum absolute atomic E-state index is 0.151. The summed E-state index contributed by atoms with van der Waals surface area (Å²) in [6, 6.07) is 26.2. The number of fused-ring (bicyclic) bond motifs is 1. The van der Waals surface area contributed by atoms with Crippen LogP contribution >= 0.6 is 0 Å². The predicted octanol–water partition coefficient (Wildman–Crippen LogP) is 4.35. The second-order valence-corrected chi connectivity index (χ2v) is 8.08. The topological polar surface area (TPSA) is 78.1 Å². The van der Waals surface area contributed by atoms with Crippen molar-refractivity contribution >= 4 is 11.7 Å². The lowest BCUT2D eigenvalue weighted by molar-refractivity contribution is -0.0392. The van der Waals surface area contributed by atoms with Gasteiger partial charge in [-0.15, -0.1) is 0 Å². The van der Waals surface area contributed by atoms with E-state index < -0.39 is 0 Å². The van der Waals surface area contributed by atoms with Crippen LogP contribution in [0.5, 0.6) is 11.5 Å². The van der Waals surface area contributed by atoms with Crippen LogP contribution in [0.3, 0.4) is 0 Å².